The number of carbonyl (C=O) groups excluding carboxylic acids is 4. The van der Waals surface area contributed by atoms with Crippen LogP contribution in [0.2, 0.25) is 0 Å². The molecule has 2 aliphatic heterocycles. The number of allylic oxidation sites excluding steroid dienone is 1. The molecule has 42 heavy (non-hydrogen) atoms. The van der Waals surface area contributed by atoms with Crippen molar-refractivity contribution < 1.29 is 37.4 Å². The number of nitrogens with one attached hydrogen (secondary N) is 2. The molecule has 2 fully saturated rings. The number of rotatable bonds is 3. The van der Waals surface area contributed by atoms with E-state index in [0.717, 1.165) is 18.9 Å². The first-order valence-electron chi connectivity index (χ1n) is 14.2. The van der Waals surface area contributed by atoms with Crippen molar-refractivity contribution in [2.24, 2.45) is 10.9 Å². The smallest absolute Gasteiger partial charge is 0.434 e. The minimum atomic E-state index is -4.34. The zero-order valence-electron chi connectivity index (χ0n) is 24.1. The van der Waals surface area contributed by atoms with Crippen LogP contribution in [-0.2, 0) is 29.1 Å². The standard InChI is InChI=1S/C29H38N4O8S/c1-28(2,3)41-27(38)30-22-14-8-6-4-5-7-11-19-18-29(19,31-24(35)23-15-10-16-33(23)25(22)36)26(37)32-42(39,40)21-13-9-12-20(34)17-21/h7,9,11-13,17,19,23,34H,4-6,8,10,14-16,18H2,1-3H3,(H,31,35)(H,32,37)/b11-7-,30-22-/t19-,23+,29-/m1/s1. The third kappa shape index (κ3) is 7.36. The van der Waals surface area contributed by atoms with Crippen molar-refractivity contribution in [1.82, 2.24) is 14.9 Å². The molecule has 13 heteroatoms. The van der Waals surface area contributed by atoms with E-state index in [1.54, 1.807) is 20.8 Å². The number of hydrogen-bond donors (Lipinski definition) is 3. The highest BCUT2D eigenvalue weighted by Crippen LogP contribution is 2.45. The normalized spacial score (nSPS) is 27.1. The molecule has 1 saturated carbocycles. The zero-order chi connectivity index (χ0) is 30.7. The van der Waals surface area contributed by atoms with Crippen LogP contribution in [0.25, 0.3) is 0 Å². The van der Waals surface area contributed by atoms with Crippen LogP contribution >= 0.6 is 0 Å². The maximum absolute atomic E-state index is 13.6. The van der Waals surface area contributed by atoms with Crippen molar-refractivity contribution in [3.8, 4) is 5.75 Å². The van der Waals surface area contributed by atoms with Gasteiger partial charge in [0.25, 0.3) is 21.8 Å². The SMILES string of the molecule is CC(C)(C)OC(=O)/N=C1/CCCCC/C=C\[C@@H]2C[C@@]2(C(=O)NS(=O)(=O)c2cccc(O)c2)NC(=O)[C@@H]2CCCN2C1=O. The summed E-state index contributed by atoms with van der Waals surface area (Å²) in [5.41, 5.74) is -2.30. The summed E-state index contributed by atoms with van der Waals surface area (Å²) in [6.07, 6.45) is 6.93. The van der Waals surface area contributed by atoms with Gasteiger partial charge in [-0.05, 0) is 77.8 Å². The molecule has 2 heterocycles. The molecule has 0 radical (unpaired) electrons. The molecule has 1 aliphatic carbocycles. The highest BCUT2D eigenvalue weighted by Gasteiger charge is 2.61. The number of hydrogen-bond acceptors (Lipinski definition) is 8. The fraction of sp³-hybridized carbons (Fsp3) is 0.552. The van der Waals surface area contributed by atoms with E-state index in [4.69, 9.17) is 4.74 Å². The Balaban J connectivity index is 1.60. The summed E-state index contributed by atoms with van der Waals surface area (Å²) in [5, 5.41) is 12.5. The molecule has 3 atom stereocenters. The maximum Gasteiger partial charge on any atom is 0.434 e. The summed E-state index contributed by atoms with van der Waals surface area (Å²) in [6, 6.07) is 3.98. The first-order valence-corrected chi connectivity index (χ1v) is 15.7. The number of fused-ring (bicyclic) bond motifs is 2. The summed E-state index contributed by atoms with van der Waals surface area (Å²) < 4.78 is 33.2. The molecule has 1 saturated heterocycles. The number of nitrogens with zero attached hydrogens (tertiary/aromatic N) is 2. The van der Waals surface area contributed by atoms with Gasteiger partial charge in [-0.2, -0.15) is 4.99 Å². The summed E-state index contributed by atoms with van der Waals surface area (Å²) in [6.45, 7) is 5.36. The highest BCUT2D eigenvalue weighted by molar-refractivity contribution is 7.90. The van der Waals surface area contributed by atoms with Crippen molar-refractivity contribution in [1.29, 1.82) is 0 Å². The quantitative estimate of drug-likeness (QED) is 0.443. The number of phenolic OH excluding ortho intramolecular Hbond substituents is 1. The lowest BCUT2D eigenvalue weighted by molar-refractivity contribution is -0.136. The average molecular weight is 603 g/mol. The van der Waals surface area contributed by atoms with Gasteiger partial charge in [-0.1, -0.05) is 24.6 Å². The fourth-order valence-electron chi connectivity index (χ4n) is 5.25. The number of ether oxygens (including phenoxy) is 1. The van der Waals surface area contributed by atoms with Crippen molar-refractivity contribution in [3.63, 3.8) is 0 Å². The van der Waals surface area contributed by atoms with Crippen LogP contribution < -0.4 is 10.0 Å². The Hall–Kier alpha value is -3.74. The van der Waals surface area contributed by atoms with Gasteiger partial charge in [0.15, 0.2) is 0 Å². The van der Waals surface area contributed by atoms with Gasteiger partial charge in [-0.3, -0.25) is 14.4 Å². The van der Waals surface area contributed by atoms with Gasteiger partial charge in [0.1, 0.15) is 28.6 Å². The Labute approximate surface area is 245 Å². The monoisotopic (exact) mass is 602 g/mol. The Kier molecular flexibility index (Phi) is 9.09. The van der Waals surface area contributed by atoms with Crippen LogP contribution in [0.4, 0.5) is 4.79 Å². The zero-order valence-corrected chi connectivity index (χ0v) is 24.9. The Morgan fingerprint density at radius 1 is 1.17 bits per heavy atom. The lowest BCUT2D eigenvalue weighted by atomic mass is 10.1. The van der Waals surface area contributed by atoms with E-state index in [0.29, 0.717) is 25.7 Å². The Morgan fingerprint density at radius 2 is 1.93 bits per heavy atom. The number of carbonyl (C=O) groups is 4. The van der Waals surface area contributed by atoms with Crippen LogP contribution in [0, 0.1) is 5.92 Å². The molecule has 3 aliphatic rings. The Morgan fingerprint density at radius 3 is 2.64 bits per heavy atom. The molecule has 0 aromatic heterocycles. The van der Waals surface area contributed by atoms with Gasteiger partial charge >= 0.3 is 6.09 Å². The second-order valence-corrected chi connectivity index (χ2v) is 13.6. The van der Waals surface area contributed by atoms with E-state index in [1.165, 1.54) is 23.1 Å². The van der Waals surface area contributed by atoms with Crippen LogP contribution in [0.3, 0.4) is 0 Å². The number of benzene rings is 1. The van der Waals surface area contributed by atoms with Crippen LogP contribution in [0.15, 0.2) is 46.3 Å². The lowest BCUT2D eigenvalue weighted by Gasteiger charge is -2.27. The van der Waals surface area contributed by atoms with E-state index in [-0.39, 0.29) is 35.7 Å². The van der Waals surface area contributed by atoms with E-state index < -0.39 is 56.9 Å². The number of aromatic hydroxyl groups is 1. The third-order valence-electron chi connectivity index (χ3n) is 7.46. The predicted octanol–water partition coefficient (Wildman–Crippen LogP) is 2.96. The number of amides is 4. The molecule has 228 valence electrons. The highest BCUT2D eigenvalue weighted by atomic mass is 32.2. The average Bonchev–Trinajstić information content (AvgIpc) is 3.35. The molecule has 0 spiro atoms. The summed E-state index contributed by atoms with van der Waals surface area (Å²) >= 11 is 0. The van der Waals surface area contributed by atoms with Crippen LogP contribution in [0.5, 0.6) is 5.75 Å². The molecule has 1 aromatic rings. The number of aliphatic imine (C=N–C) groups is 1. The molecule has 3 N–H and O–H groups in total. The molecule has 1 aromatic carbocycles. The Bertz CT molecular complexity index is 1410. The van der Waals surface area contributed by atoms with Gasteiger partial charge in [0, 0.05) is 18.5 Å². The van der Waals surface area contributed by atoms with Crippen LogP contribution in [-0.4, -0.2) is 71.7 Å². The molecular weight excluding hydrogens is 564 g/mol. The lowest BCUT2D eigenvalue weighted by Crippen LogP contribution is -2.56. The molecule has 0 bridgehead atoms. The van der Waals surface area contributed by atoms with E-state index in [9.17, 15) is 32.7 Å². The van der Waals surface area contributed by atoms with E-state index in [2.05, 4.69) is 15.0 Å². The molecule has 4 rings (SSSR count). The molecular formula is C29H38N4O8S. The second kappa shape index (κ2) is 12.2. The van der Waals surface area contributed by atoms with Gasteiger partial charge in [0.2, 0.25) is 5.91 Å². The molecule has 0 unspecified atom stereocenters. The fourth-order valence-corrected chi connectivity index (χ4v) is 6.33. The van der Waals surface area contributed by atoms with Crippen molar-refractivity contribution >= 4 is 39.5 Å². The first kappa shape index (κ1) is 31.2. The van der Waals surface area contributed by atoms with Gasteiger partial charge in [0.05, 0.1) is 4.90 Å². The minimum absolute atomic E-state index is 0.0170. The minimum Gasteiger partial charge on any atom is -0.508 e. The maximum atomic E-state index is 13.6. The van der Waals surface area contributed by atoms with Gasteiger partial charge < -0.3 is 20.1 Å². The largest absolute Gasteiger partial charge is 0.508 e. The summed E-state index contributed by atoms with van der Waals surface area (Å²) in [7, 11) is -4.34. The third-order valence-corrected chi connectivity index (χ3v) is 8.79. The van der Waals surface area contributed by atoms with Gasteiger partial charge in [-0.25, -0.2) is 17.9 Å². The van der Waals surface area contributed by atoms with E-state index >= 15 is 0 Å². The predicted molar refractivity (Wildman–Crippen MR) is 153 cm³/mol. The summed E-state index contributed by atoms with van der Waals surface area (Å²) in [5.74, 6) is -2.75. The number of sulfonamides is 1. The van der Waals surface area contributed by atoms with E-state index in [1.807, 2.05) is 12.2 Å². The van der Waals surface area contributed by atoms with Gasteiger partial charge in [-0.15, -0.1) is 0 Å². The van der Waals surface area contributed by atoms with Crippen molar-refractivity contribution in [2.75, 3.05) is 6.54 Å². The topological polar surface area (TPSA) is 172 Å². The van der Waals surface area contributed by atoms with Crippen molar-refractivity contribution in [2.45, 2.75) is 94.2 Å². The first-order chi connectivity index (χ1) is 19.7. The van der Waals surface area contributed by atoms with Crippen molar-refractivity contribution in [3.05, 3.63) is 36.4 Å². The molecule has 4 amide bonds. The van der Waals surface area contributed by atoms with Crippen LogP contribution in [0.1, 0.15) is 72.1 Å². The second-order valence-electron chi connectivity index (χ2n) is 11.9. The summed E-state index contributed by atoms with van der Waals surface area (Å²) in [4.78, 5) is 58.2. The number of phenols is 1. The molecule has 12 nitrogen and oxygen atoms in total.